The van der Waals surface area contributed by atoms with Crippen LogP contribution in [0.3, 0.4) is 0 Å². The van der Waals surface area contributed by atoms with E-state index in [2.05, 4.69) is 0 Å². The molecular weight excluding hydrogens is 241 g/mol. The predicted octanol–water partition coefficient (Wildman–Crippen LogP) is 3.07. The third kappa shape index (κ3) is 3.66. The third-order valence-corrected chi connectivity index (χ3v) is 3.27. The zero-order valence-electron chi connectivity index (χ0n) is 10.00. The Bertz CT molecular complexity index is 339. The van der Waals surface area contributed by atoms with Gasteiger partial charge in [-0.2, -0.15) is 0 Å². The van der Waals surface area contributed by atoms with Gasteiger partial charge in [-0.15, -0.1) is 0 Å². The zero-order chi connectivity index (χ0) is 12.8. The second-order valence-corrected chi connectivity index (χ2v) is 4.59. The van der Waals surface area contributed by atoms with Crippen molar-refractivity contribution in [3.8, 4) is 0 Å². The summed E-state index contributed by atoms with van der Waals surface area (Å²) in [6, 6.07) is 4.51. The molecule has 0 aliphatic carbocycles. The lowest BCUT2D eigenvalue weighted by atomic mass is 9.90. The molecule has 1 rings (SSSR count). The highest BCUT2D eigenvalue weighted by molar-refractivity contribution is 6.31. The lowest BCUT2D eigenvalue weighted by molar-refractivity contribution is 0.131. The average molecular weight is 260 g/mol. The first-order valence-electron chi connectivity index (χ1n) is 5.93. The van der Waals surface area contributed by atoms with E-state index in [4.69, 9.17) is 17.3 Å². The van der Waals surface area contributed by atoms with E-state index < -0.39 is 17.8 Å². The van der Waals surface area contributed by atoms with E-state index in [0.29, 0.717) is 17.0 Å². The Labute approximate surface area is 107 Å². The molecule has 2 atom stereocenters. The molecule has 0 saturated heterocycles. The van der Waals surface area contributed by atoms with Gasteiger partial charge in [-0.3, -0.25) is 0 Å². The molecule has 96 valence electrons. The van der Waals surface area contributed by atoms with Gasteiger partial charge in [0.05, 0.1) is 6.10 Å². The maximum Gasteiger partial charge on any atom is 0.128 e. The third-order valence-electron chi connectivity index (χ3n) is 2.94. The van der Waals surface area contributed by atoms with Crippen LogP contribution in [0.4, 0.5) is 4.39 Å². The topological polar surface area (TPSA) is 46.2 Å². The lowest BCUT2D eigenvalue weighted by Crippen LogP contribution is -2.27. The molecule has 0 amide bonds. The van der Waals surface area contributed by atoms with Crippen molar-refractivity contribution in [3.63, 3.8) is 0 Å². The van der Waals surface area contributed by atoms with Gasteiger partial charge in [0, 0.05) is 23.0 Å². The smallest absolute Gasteiger partial charge is 0.128 e. The van der Waals surface area contributed by atoms with Crippen LogP contribution in [-0.2, 0) is 0 Å². The number of rotatable bonds is 6. The van der Waals surface area contributed by atoms with E-state index in [0.717, 1.165) is 12.8 Å². The maximum absolute atomic E-state index is 13.7. The fraction of sp³-hybridized carbons (Fsp3) is 0.538. The molecule has 0 fully saturated rings. The molecule has 1 aromatic rings. The molecule has 0 aromatic heterocycles. The van der Waals surface area contributed by atoms with Crippen molar-refractivity contribution >= 4 is 11.6 Å². The number of unbranched alkanes of at least 4 members (excludes halogenated alkanes) is 1. The van der Waals surface area contributed by atoms with Crippen molar-refractivity contribution < 1.29 is 9.50 Å². The fourth-order valence-corrected chi connectivity index (χ4v) is 2.25. The van der Waals surface area contributed by atoms with Crippen molar-refractivity contribution in [2.45, 2.75) is 38.2 Å². The van der Waals surface area contributed by atoms with Crippen LogP contribution in [-0.4, -0.2) is 17.8 Å². The monoisotopic (exact) mass is 259 g/mol. The van der Waals surface area contributed by atoms with Crippen LogP contribution in [0.5, 0.6) is 0 Å². The lowest BCUT2D eigenvalue weighted by Gasteiger charge is -2.23. The normalized spacial score (nSPS) is 14.6. The molecule has 3 N–H and O–H groups in total. The van der Waals surface area contributed by atoms with Crippen molar-refractivity contribution in [1.29, 1.82) is 0 Å². The van der Waals surface area contributed by atoms with Crippen LogP contribution in [0, 0.1) is 5.82 Å². The molecule has 2 unspecified atom stereocenters. The van der Waals surface area contributed by atoms with Crippen LogP contribution >= 0.6 is 11.6 Å². The van der Waals surface area contributed by atoms with Gasteiger partial charge in [-0.25, -0.2) is 4.39 Å². The van der Waals surface area contributed by atoms with E-state index >= 15 is 0 Å². The first-order chi connectivity index (χ1) is 8.11. The molecule has 0 saturated carbocycles. The second kappa shape index (κ2) is 6.94. The molecule has 0 bridgehead atoms. The Morgan fingerprint density at radius 2 is 2.18 bits per heavy atom. The highest BCUT2D eigenvalue weighted by atomic mass is 35.5. The fourth-order valence-electron chi connectivity index (χ4n) is 1.95. The van der Waals surface area contributed by atoms with E-state index in [1.807, 2.05) is 6.92 Å². The van der Waals surface area contributed by atoms with Gasteiger partial charge in [-0.05, 0) is 18.6 Å². The standard InChI is InChI=1S/C13H19ClFNO/c1-2-3-7-12(17)9(8-16)13-10(14)5-4-6-11(13)15/h4-6,9,12,17H,2-3,7-8,16H2,1H3. The average Bonchev–Trinajstić information content (AvgIpc) is 2.31. The van der Waals surface area contributed by atoms with Gasteiger partial charge in [-0.1, -0.05) is 37.4 Å². The SMILES string of the molecule is CCCCC(O)C(CN)c1c(F)cccc1Cl. The second-order valence-electron chi connectivity index (χ2n) is 4.19. The van der Waals surface area contributed by atoms with Crippen LogP contribution < -0.4 is 5.73 Å². The quantitative estimate of drug-likeness (QED) is 0.825. The number of halogens is 2. The highest BCUT2D eigenvalue weighted by Gasteiger charge is 2.24. The van der Waals surface area contributed by atoms with Gasteiger partial charge in [0.2, 0.25) is 0 Å². The largest absolute Gasteiger partial charge is 0.392 e. The summed E-state index contributed by atoms with van der Waals surface area (Å²) >= 11 is 5.97. The molecular formula is C13H19ClFNO. The molecule has 2 nitrogen and oxygen atoms in total. The summed E-state index contributed by atoms with van der Waals surface area (Å²) in [5.41, 5.74) is 5.96. The van der Waals surface area contributed by atoms with Crippen molar-refractivity contribution in [1.82, 2.24) is 0 Å². The molecule has 4 heteroatoms. The number of nitrogens with two attached hydrogens (primary N) is 1. The van der Waals surface area contributed by atoms with Crippen molar-refractivity contribution in [2.75, 3.05) is 6.54 Å². The summed E-state index contributed by atoms with van der Waals surface area (Å²) in [6.07, 6.45) is 1.85. The van der Waals surface area contributed by atoms with Gasteiger partial charge in [0.1, 0.15) is 5.82 Å². The zero-order valence-corrected chi connectivity index (χ0v) is 10.8. The van der Waals surface area contributed by atoms with Crippen LogP contribution in [0.15, 0.2) is 18.2 Å². The Hall–Kier alpha value is -0.640. The van der Waals surface area contributed by atoms with Crippen LogP contribution in [0.25, 0.3) is 0 Å². The van der Waals surface area contributed by atoms with E-state index in [1.165, 1.54) is 6.07 Å². The van der Waals surface area contributed by atoms with E-state index in [9.17, 15) is 9.50 Å². The van der Waals surface area contributed by atoms with Gasteiger partial charge in [0.15, 0.2) is 0 Å². The number of hydrogen-bond acceptors (Lipinski definition) is 2. The Morgan fingerprint density at radius 1 is 1.47 bits per heavy atom. The summed E-state index contributed by atoms with van der Waals surface area (Å²) in [6.45, 7) is 2.23. The predicted molar refractivity (Wildman–Crippen MR) is 68.7 cm³/mol. The Kier molecular flexibility index (Phi) is 5.89. The maximum atomic E-state index is 13.7. The van der Waals surface area contributed by atoms with Crippen molar-refractivity contribution in [3.05, 3.63) is 34.6 Å². The van der Waals surface area contributed by atoms with Crippen LogP contribution in [0.2, 0.25) is 5.02 Å². The minimum Gasteiger partial charge on any atom is -0.392 e. The number of aliphatic hydroxyl groups is 1. The molecule has 0 heterocycles. The summed E-state index contributed by atoms with van der Waals surface area (Å²) in [5, 5.41) is 10.4. The van der Waals surface area contributed by atoms with E-state index in [1.54, 1.807) is 12.1 Å². The van der Waals surface area contributed by atoms with Gasteiger partial charge < -0.3 is 10.8 Å². The molecule has 0 spiro atoms. The summed E-state index contributed by atoms with van der Waals surface area (Å²) in [7, 11) is 0. The van der Waals surface area contributed by atoms with Gasteiger partial charge >= 0.3 is 0 Å². The summed E-state index contributed by atoms with van der Waals surface area (Å²) in [4.78, 5) is 0. The Balaban J connectivity index is 2.93. The molecule has 0 radical (unpaired) electrons. The highest BCUT2D eigenvalue weighted by Crippen LogP contribution is 2.30. The minimum atomic E-state index is -0.644. The van der Waals surface area contributed by atoms with Crippen LogP contribution in [0.1, 0.15) is 37.7 Å². The minimum absolute atomic E-state index is 0.186. The summed E-state index contributed by atoms with van der Waals surface area (Å²) in [5.74, 6) is -0.834. The molecule has 0 aliphatic heterocycles. The molecule has 17 heavy (non-hydrogen) atoms. The molecule has 0 aliphatic rings. The van der Waals surface area contributed by atoms with E-state index in [-0.39, 0.29) is 6.54 Å². The van der Waals surface area contributed by atoms with Gasteiger partial charge in [0.25, 0.3) is 0 Å². The summed E-state index contributed by atoms with van der Waals surface area (Å²) < 4.78 is 13.7. The number of benzene rings is 1. The molecule has 1 aromatic carbocycles. The van der Waals surface area contributed by atoms with Crippen molar-refractivity contribution in [2.24, 2.45) is 5.73 Å². The number of aliphatic hydroxyl groups excluding tert-OH is 1. The first-order valence-corrected chi connectivity index (χ1v) is 6.31. The number of hydrogen-bond donors (Lipinski definition) is 2. The first kappa shape index (κ1) is 14.4. The Morgan fingerprint density at radius 3 is 2.71 bits per heavy atom.